The normalized spacial score (nSPS) is 23.0. The minimum atomic E-state index is 0.254. The Morgan fingerprint density at radius 3 is 1.19 bits per heavy atom. The molecule has 0 bridgehead atoms. The Morgan fingerprint density at radius 2 is 0.741 bits per heavy atom. The third-order valence-electron chi connectivity index (χ3n) is 5.81. The first-order valence-electron chi connectivity index (χ1n) is 12.1. The van der Waals surface area contributed by atoms with Crippen LogP contribution in [0, 0.1) is 0 Å². The maximum atomic E-state index is 11.3. The molecule has 2 rings (SSSR count). The van der Waals surface area contributed by atoms with E-state index in [9.17, 15) is 9.59 Å². The molecule has 0 aromatic carbocycles. The number of carbonyl (C=O) groups excluding carboxylic acids is 2. The van der Waals surface area contributed by atoms with Gasteiger partial charge in [-0.3, -0.25) is 9.59 Å². The van der Waals surface area contributed by atoms with Crippen molar-refractivity contribution in [2.45, 2.75) is 135 Å². The van der Waals surface area contributed by atoms with Crippen LogP contribution in [0.1, 0.15) is 135 Å². The van der Waals surface area contributed by atoms with Gasteiger partial charge >= 0.3 is 0 Å². The average Bonchev–Trinajstić information content (AvgIpc) is 2.68. The van der Waals surface area contributed by atoms with E-state index in [2.05, 4.69) is 5.32 Å². The summed E-state index contributed by atoms with van der Waals surface area (Å²) in [7, 11) is 0. The first kappa shape index (κ1) is 24.2. The number of carbonyl (C=O) groups is 2. The summed E-state index contributed by atoms with van der Waals surface area (Å²) < 4.78 is 0. The zero-order valence-electron chi connectivity index (χ0n) is 17.9. The van der Waals surface area contributed by atoms with Crippen molar-refractivity contribution in [2.24, 2.45) is 0 Å². The monoisotopic (exact) mass is 379 g/mol. The van der Waals surface area contributed by atoms with E-state index in [0.29, 0.717) is 5.78 Å². The van der Waals surface area contributed by atoms with Crippen molar-refractivity contribution in [1.82, 2.24) is 5.32 Å². The number of hydrogen-bond acceptors (Lipinski definition) is 2. The Morgan fingerprint density at radius 1 is 0.407 bits per heavy atom. The molecule has 1 aliphatic heterocycles. The van der Waals surface area contributed by atoms with Gasteiger partial charge in [-0.1, -0.05) is 89.9 Å². The van der Waals surface area contributed by atoms with E-state index in [-0.39, 0.29) is 5.91 Å². The second-order valence-corrected chi connectivity index (χ2v) is 8.50. The molecule has 2 fully saturated rings. The van der Waals surface area contributed by atoms with Gasteiger partial charge in [0.05, 0.1) is 0 Å². The minimum Gasteiger partial charge on any atom is -0.356 e. The van der Waals surface area contributed by atoms with Gasteiger partial charge in [0.1, 0.15) is 5.78 Å². The van der Waals surface area contributed by atoms with Crippen LogP contribution in [0.4, 0.5) is 0 Å². The lowest BCUT2D eigenvalue weighted by Gasteiger charge is -2.05. The fraction of sp³-hybridized carbons (Fsp3) is 0.917. The Kier molecular flexibility index (Phi) is 16.6. The van der Waals surface area contributed by atoms with E-state index >= 15 is 0 Å². The zero-order chi connectivity index (χ0) is 19.4. The molecule has 0 aromatic heterocycles. The number of ketones is 1. The average molecular weight is 380 g/mol. The maximum absolute atomic E-state index is 11.3. The molecule has 27 heavy (non-hydrogen) atoms. The number of rotatable bonds is 0. The van der Waals surface area contributed by atoms with E-state index in [1.165, 1.54) is 89.9 Å². The summed E-state index contributed by atoms with van der Waals surface area (Å²) in [4.78, 5) is 22.6. The van der Waals surface area contributed by atoms with E-state index < -0.39 is 0 Å². The summed E-state index contributed by atoms with van der Waals surface area (Å²) in [5, 5.41) is 2.98. The SMILES string of the molecule is O=C1CCCCCCCCCCC1.O=C1CCCCCCCCCCCN1. The Hall–Kier alpha value is -0.860. The predicted molar refractivity (Wildman–Crippen MR) is 115 cm³/mol. The van der Waals surface area contributed by atoms with Crippen LogP contribution in [0.5, 0.6) is 0 Å². The molecule has 0 radical (unpaired) electrons. The molecule has 1 saturated heterocycles. The first-order chi connectivity index (χ1) is 13.3. The van der Waals surface area contributed by atoms with Crippen molar-refractivity contribution >= 4 is 11.7 Å². The molecule has 1 saturated carbocycles. The molecule has 0 atom stereocenters. The molecule has 1 heterocycles. The highest BCUT2D eigenvalue weighted by Crippen LogP contribution is 2.14. The topological polar surface area (TPSA) is 46.2 Å². The highest BCUT2D eigenvalue weighted by atomic mass is 16.1. The van der Waals surface area contributed by atoms with Crippen LogP contribution in [0.15, 0.2) is 0 Å². The van der Waals surface area contributed by atoms with Crippen molar-refractivity contribution in [2.75, 3.05) is 6.54 Å². The van der Waals surface area contributed by atoms with Crippen molar-refractivity contribution in [3.05, 3.63) is 0 Å². The van der Waals surface area contributed by atoms with E-state index in [4.69, 9.17) is 0 Å². The molecule has 158 valence electrons. The van der Waals surface area contributed by atoms with Crippen LogP contribution in [-0.2, 0) is 9.59 Å². The highest BCUT2D eigenvalue weighted by Gasteiger charge is 2.03. The molecule has 1 amide bonds. The highest BCUT2D eigenvalue weighted by molar-refractivity contribution is 5.78. The van der Waals surface area contributed by atoms with Crippen molar-refractivity contribution in [3.8, 4) is 0 Å². The first-order valence-corrected chi connectivity index (χ1v) is 12.1. The smallest absolute Gasteiger partial charge is 0.219 e. The fourth-order valence-corrected chi connectivity index (χ4v) is 3.97. The van der Waals surface area contributed by atoms with E-state index in [1.54, 1.807) is 0 Å². The lowest BCUT2D eigenvalue weighted by Crippen LogP contribution is -2.23. The summed E-state index contributed by atoms with van der Waals surface area (Å²) in [6, 6.07) is 0. The summed E-state index contributed by atoms with van der Waals surface area (Å²) in [5.41, 5.74) is 0. The standard InChI is InChI=1S/C12H23NO.C12H22O/c14-12-10-8-6-4-2-1-3-5-7-9-11-13-12;13-12-10-8-6-4-2-1-3-5-7-9-11-12/h1-11H2,(H,13,14);1-11H2. The molecular formula is C24H45NO2. The van der Waals surface area contributed by atoms with E-state index in [1.807, 2.05) is 0 Å². The predicted octanol–water partition coefficient (Wildman–Crippen LogP) is 6.88. The van der Waals surface area contributed by atoms with Crippen molar-refractivity contribution < 1.29 is 9.59 Å². The molecule has 0 unspecified atom stereocenters. The van der Waals surface area contributed by atoms with Crippen LogP contribution in [-0.4, -0.2) is 18.2 Å². The van der Waals surface area contributed by atoms with Crippen LogP contribution in [0.3, 0.4) is 0 Å². The maximum Gasteiger partial charge on any atom is 0.219 e. The van der Waals surface area contributed by atoms with Gasteiger partial charge in [0.2, 0.25) is 5.91 Å². The lowest BCUT2D eigenvalue weighted by atomic mass is 10.0. The van der Waals surface area contributed by atoms with Crippen LogP contribution < -0.4 is 5.32 Å². The number of nitrogens with one attached hydrogen (secondary N) is 1. The zero-order valence-corrected chi connectivity index (χ0v) is 17.9. The molecular weight excluding hydrogens is 334 g/mol. The van der Waals surface area contributed by atoms with Crippen LogP contribution in [0.25, 0.3) is 0 Å². The molecule has 3 nitrogen and oxygen atoms in total. The third kappa shape index (κ3) is 17.0. The molecule has 3 heteroatoms. The fourth-order valence-electron chi connectivity index (χ4n) is 3.97. The summed E-state index contributed by atoms with van der Waals surface area (Å²) in [6.07, 6.45) is 25.6. The molecule has 2 aliphatic rings. The Bertz CT molecular complexity index is 337. The van der Waals surface area contributed by atoms with Gasteiger partial charge in [0.15, 0.2) is 0 Å². The molecule has 1 N–H and O–H groups in total. The van der Waals surface area contributed by atoms with Crippen molar-refractivity contribution in [1.29, 1.82) is 0 Å². The minimum absolute atomic E-state index is 0.254. The van der Waals surface area contributed by atoms with Gasteiger partial charge < -0.3 is 5.32 Å². The van der Waals surface area contributed by atoms with Gasteiger partial charge in [0.25, 0.3) is 0 Å². The van der Waals surface area contributed by atoms with Crippen molar-refractivity contribution in [3.63, 3.8) is 0 Å². The molecule has 0 spiro atoms. The van der Waals surface area contributed by atoms with Gasteiger partial charge in [-0.25, -0.2) is 0 Å². The summed E-state index contributed by atoms with van der Waals surface area (Å²) in [6.45, 7) is 0.888. The molecule has 0 aromatic rings. The lowest BCUT2D eigenvalue weighted by molar-refractivity contribution is -0.121. The summed E-state index contributed by atoms with van der Waals surface area (Å²) >= 11 is 0. The quantitative estimate of drug-likeness (QED) is 0.498. The van der Waals surface area contributed by atoms with E-state index in [0.717, 1.165) is 51.5 Å². The second kappa shape index (κ2) is 18.5. The third-order valence-corrected chi connectivity index (χ3v) is 5.81. The Labute approximate surface area is 168 Å². The van der Waals surface area contributed by atoms with Gasteiger partial charge in [-0.05, 0) is 25.7 Å². The van der Waals surface area contributed by atoms with Gasteiger partial charge in [-0.2, -0.15) is 0 Å². The summed E-state index contributed by atoms with van der Waals surface area (Å²) in [5.74, 6) is 0.754. The molecule has 1 aliphatic carbocycles. The largest absolute Gasteiger partial charge is 0.356 e. The number of Topliss-reactive ketones (excluding diaryl/α,β-unsaturated/α-hetero) is 1. The number of hydrogen-bond donors (Lipinski definition) is 1. The Balaban J connectivity index is 0.000000271. The van der Waals surface area contributed by atoms with Crippen LogP contribution >= 0.6 is 0 Å². The van der Waals surface area contributed by atoms with Gasteiger partial charge in [0, 0.05) is 25.8 Å². The number of amides is 1. The van der Waals surface area contributed by atoms with Gasteiger partial charge in [-0.15, -0.1) is 0 Å². The second-order valence-electron chi connectivity index (χ2n) is 8.50. The van der Waals surface area contributed by atoms with Crippen LogP contribution in [0.2, 0.25) is 0 Å².